The summed E-state index contributed by atoms with van der Waals surface area (Å²) in [5, 5.41) is 0. The monoisotopic (exact) mass is 385 g/mol. The summed E-state index contributed by atoms with van der Waals surface area (Å²) in [6, 6.07) is 7.08. The van der Waals surface area contributed by atoms with Crippen molar-refractivity contribution in [3.05, 3.63) is 29.8 Å². The van der Waals surface area contributed by atoms with Gasteiger partial charge in [-0.1, -0.05) is 57.6 Å². The van der Waals surface area contributed by atoms with Crippen LogP contribution in [0.5, 0.6) is 0 Å². The number of rotatable bonds is 11. The highest BCUT2D eigenvalue weighted by Crippen LogP contribution is 2.34. The SMILES string of the molecule is CCCCCCCC[S+]([O-])NS(=O)(=O)c1ccc(C2CCCC2)cc1. The summed E-state index contributed by atoms with van der Waals surface area (Å²) in [6.45, 7) is 2.17. The van der Waals surface area contributed by atoms with Crippen LogP contribution in [-0.2, 0) is 21.4 Å². The summed E-state index contributed by atoms with van der Waals surface area (Å²) in [4.78, 5) is 0.200. The highest BCUT2D eigenvalue weighted by Gasteiger charge is 2.22. The third-order valence-electron chi connectivity index (χ3n) is 4.90. The van der Waals surface area contributed by atoms with Crippen molar-refractivity contribution >= 4 is 21.4 Å². The summed E-state index contributed by atoms with van der Waals surface area (Å²) in [6.07, 6.45) is 11.4. The van der Waals surface area contributed by atoms with E-state index in [0.29, 0.717) is 11.7 Å². The van der Waals surface area contributed by atoms with Crippen LogP contribution in [0.15, 0.2) is 29.2 Å². The Morgan fingerprint density at radius 3 is 2.28 bits per heavy atom. The van der Waals surface area contributed by atoms with Crippen LogP contribution in [0.25, 0.3) is 0 Å². The molecule has 1 N–H and O–H groups in total. The Kier molecular flexibility index (Phi) is 8.76. The summed E-state index contributed by atoms with van der Waals surface area (Å²) in [7, 11) is -3.70. The van der Waals surface area contributed by atoms with Crippen molar-refractivity contribution in [2.24, 2.45) is 0 Å². The number of unbranched alkanes of at least 4 members (excludes halogenated alkanes) is 5. The maximum absolute atomic E-state index is 12.3. The van der Waals surface area contributed by atoms with Crippen molar-refractivity contribution < 1.29 is 13.0 Å². The van der Waals surface area contributed by atoms with Crippen LogP contribution >= 0.6 is 0 Å². The predicted octanol–water partition coefficient (Wildman–Crippen LogP) is 4.65. The van der Waals surface area contributed by atoms with E-state index in [1.54, 1.807) is 12.1 Å². The van der Waals surface area contributed by atoms with Gasteiger partial charge in [-0.2, -0.15) is 0 Å². The van der Waals surface area contributed by atoms with E-state index in [2.05, 4.69) is 11.1 Å². The van der Waals surface area contributed by atoms with Gasteiger partial charge in [-0.25, -0.2) is 8.42 Å². The Morgan fingerprint density at radius 1 is 1.04 bits per heavy atom. The van der Waals surface area contributed by atoms with Gasteiger partial charge in [-0.3, -0.25) is 0 Å². The topological polar surface area (TPSA) is 69.2 Å². The van der Waals surface area contributed by atoms with E-state index in [0.717, 1.165) is 19.3 Å². The lowest BCUT2D eigenvalue weighted by molar-refractivity contribution is 0.569. The van der Waals surface area contributed by atoms with Crippen LogP contribution in [0.1, 0.15) is 82.6 Å². The average molecular weight is 386 g/mol. The molecule has 0 aromatic heterocycles. The Balaban J connectivity index is 1.79. The minimum Gasteiger partial charge on any atom is -0.597 e. The Bertz CT molecular complexity index is 596. The van der Waals surface area contributed by atoms with Gasteiger partial charge < -0.3 is 4.55 Å². The third kappa shape index (κ3) is 6.93. The Labute approximate surface area is 156 Å². The molecule has 1 aliphatic rings. The van der Waals surface area contributed by atoms with Gasteiger partial charge in [0, 0.05) is 0 Å². The molecule has 0 spiro atoms. The normalized spacial score (nSPS) is 17.0. The van der Waals surface area contributed by atoms with Gasteiger partial charge in [0.05, 0.1) is 16.3 Å². The second-order valence-corrected chi connectivity index (χ2v) is 10.2. The van der Waals surface area contributed by atoms with Gasteiger partial charge >= 0.3 is 0 Å². The molecule has 1 aromatic rings. The first-order chi connectivity index (χ1) is 12.0. The molecule has 6 heteroatoms. The average Bonchev–Trinajstić information content (AvgIpc) is 3.12. The lowest BCUT2D eigenvalue weighted by atomic mass is 9.98. The molecule has 1 unspecified atom stereocenters. The molecule has 0 amide bonds. The van der Waals surface area contributed by atoms with E-state index in [9.17, 15) is 13.0 Å². The zero-order valence-electron chi connectivity index (χ0n) is 15.2. The van der Waals surface area contributed by atoms with E-state index in [1.165, 1.54) is 50.5 Å². The fourth-order valence-electron chi connectivity index (χ4n) is 3.40. The molecule has 4 nitrogen and oxygen atoms in total. The summed E-state index contributed by atoms with van der Waals surface area (Å²) in [5.74, 6) is 0.942. The fraction of sp³-hybridized carbons (Fsp3) is 0.684. The zero-order valence-corrected chi connectivity index (χ0v) is 16.8. The van der Waals surface area contributed by atoms with E-state index in [4.69, 9.17) is 0 Å². The van der Waals surface area contributed by atoms with Gasteiger partial charge in [0.15, 0.2) is 0 Å². The second-order valence-electron chi connectivity index (χ2n) is 6.95. The van der Waals surface area contributed by atoms with Crippen LogP contribution < -0.4 is 4.13 Å². The smallest absolute Gasteiger partial charge is 0.279 e. The van der Waals surface area contributed by atoms with Crippen molar-refractivity contribution in [1.29, 1.82) is 0 Å². The minimum absolute atomic E-state index is 0.200. The van der Waals surface area contributed by atoms with Gasteiger partial charge in [-0.15, -0.1) is 0 Å². The number of hydrogen-bond donors (Lipinski definition) is 1. The molecule has 1 atom stereocenters. The van der Waals surface area contributed by atoms with Crippen molar-refractivity contribution in [2.45, 2.75) is 81.9 Å². The molecule has 1 aliphatic carbocycles. The van der Waals surface area contributed by atoms with Crippen molar-refractivity contribution in [1.82, 2.24) is 4.13 Å². The summed E-state index contributed by atoms with van der Waals surface area (Å²) >= 11 is -1.54. The van der Waals surface area contributed by atoms with Crippen LogP contribution in [0.4, 0.5) is 0 Å². The van der Waals surface area contributed by atoms with Gasteiger partial charge in [-0.05, 0) is 53.4 Å². The first kappa shape index (κ1) is 20.7. The minimum atomic E-state index is -3.70. The quantitative estimate of drug-likeness (QED) is 0.445. The molecule has 0 aliphatic heterocycles. The highest BCUT2D eigenvalue weighted by atomic mass is 32.3. The highest BCUT2D eigenvalue weighted by molar-refractivity contribution is 8.04. The second kappa shape index (κ2) is 10.6. The fourth-order valence-corrected chi connectivity index (χ4v) is 6.06. The van der Waals surface area contributed by atoms with E-state index in [-0.39, 0.29) is 4.90 Å². The lowest BCUT2D eigenvalue weighted by Gasteiger charge is -2.13. The van der Waals surface area contributed by atoms with Crippen molar-refractivity contribution in [2.75, 3.05) is 5.75 Å². The molecule has 1 aromatic carbocycles. The molecule has 0 bridgehead atoms. The molecule has 142 valence electrons. The number of benzene rings is 1. The summed E-state index contributed by atoms with van der Waals surface area (Å²) < 4.78 is 39.0. The van der Waals surface area contributed by atoms with Crippen LogP contribution in [0, 0.1) is 0 Å². The Hall–Kier alpha value is -0.560. The molecular weight excluding hydrogens is 354 g/mol. The molecule has 0 heterocycles. The van der Waals surface area contributed by atoms with E-state index < -0.39 is 21.4 Å². The van der Waals surface area contributed by atoms with E-state index >= 15 is 0 Å². The molecule has 1 fully saturated rings. The lowest BCUT2D eigenvalue weighted by Crippen LogP contribution is -2.32. The maximum Gasteiger partial charge on any atom is 0.279 e. The Morgan fingerprint density at radius 2 is 1.64 bits per heavy atom. The zero-order chi connectivity index (χ0) is 18.1. The third-order valence-corrected chi connectivity index (χ3v) is 8.08. The molecule has 0 saturated heterocycles. The number of hydrogen-bond acceptors (Lipinski definition) is 3. The largest absolute Gasteiger partial charge is 0.597 e. The summed E-state index contributed by atoms with van der Waals surface area (Å²) in [5.41, 5.74) is 1.21. The van der Waals surface area contributed by atoms with Crippen molar-refractivity contribution in [3.8, 4) is 0 Å². The van der Waals surface area contributed by atoms with Gasteiger partial charge in [0.1, 0.15) is 5.75 Å². The van der Waals surface area contributed by atoms with Gasteiger partial charge in [0.25, 0.3) is 10.0 Å². The predicted molar refractivity (Wildman–Crippen MR) is 104 cm³/mol. The molecule has 2 rings (SSSR count). The molecule has 25 heavy (non-hydrogen) atoms. The number of sulfonamides is 1. The first-order valence-corrected chi connectivity index (χ1v) is 12.3. The van der Waals surface area contributed by atoms with Crippen LogP contribution in [-0.4, -0.2) is 18.7 Å². The first-order valence-electron chi connectivity index (χ1n) is 9.53. The van der Waals surface area contributed by atoms with Crippen molar-refractivity contribution in [3.63, 3.8) is 0 Å². The standard InChI is InChI=1S/C19H31NO3S2/c1-2-3-4-5-6-9-16-24(21)20-25(22,23)19-14-12-18(13-15-19)17-10-7-8-11-17/h12-15,17,20H,2-11,16H2,1H3. The number of nitrogens with one attached hydrogen (secondary N) is 1. The molecular formula is C19H31NO3S2. The molecule has 1 saturated carbocycles. The molecule has 0 radical (unpaired) electrons. The van der Waals surface area contributed by atoms with Crippen LogP contribution in [0.3, 0.4) is 0 Å². The van der Waals surface area contributed by atoms with E-state index in [1.807, 2.05) is 12.1 Å². The maximum atomic E-state index is 12.3. The van der Waals surface area contributed by atoms with Gasteiger partial charge in [0.2, 0.25) is 0 Å². The van der Waals surface area contributed by atoms with Crippen LogP contribution in [0.2, 0.25) is 0 Å².